The van der Waals surface area contributed by atoms with Crippen molar-refractivity contribution in [3.63, 3.8) is 0 Å². The van der Waals surface area contributed by atoms with Crippen LogP contribution >= 0.6 is 15.9 Å². The average molecular weight is 264 g/mol. The van der Waals surface area contributed by atoms with Gasteiger partial charge in [-0.15, -0.1) is 0 Å². The lowest BCUT2D eigenvalue weighted by Crippen LogP contribution is -2.01. The molecule has 0 radical (unpaired) electrons. The molecule has 0 amide bonds. The minimum Gasteiger partial charge on any atom is -0.378 e. The minimum atomic E-state index is 0.712. The van der Waals surface area contributed by atoms with Crippen molar-refractivity contribution in [1.82, 2.24) is 9.97 Å². The first-order valence-corrected chi connectivity index (χ1v) is 5.39. The summed E-state index contributed by atoms with van der Waals surface area (Å²) in [5, 5.41) is 3.28. The molecule has 0 aliphatic carbocycles. The smallest absolute Gasteiger partial charge is 0.0594 e. The summed E-state index contributed by atoms with van der Waals surface area (Å²) >= 11 is 3.42. The molecular weight excluding hydrogens is 254 g/mol. The van der Waals surface area contributed by atoms with Gasteiger partial charge in [-0.3, -0.25) is 9.97 Å². The van der Waals surface area contributed by atoms with Crippen LogP contribution in [-0.2, 0) is 6.54 Å². The molecule has 3 nitrogen and oxygen atoms in total. The highest BCUT2D eigenvalue weighted by molar-refractivity contribution is 9.10. The van der Waals surface area contributed by atoms with Gasteiger partial charge in [0.05, 0.1) is 22.4 Å². The fourth-order valence-electron chi connectivity index (χ4n) is 1.21. The van der Waals surface area contributed by atoms with Gasteiger partial charge in [0, 0.05) is 18.6 Å². The standard InChI is InChI=1S/C11H10BrN3/c12-10-8-13-6-4-11(10)15-7-9-3-1-2-5-14-9/h1-6,8H,7H2,(H,13,15). The first-order valence-electron chi connectivity index (χ1n) is 4.59. The van der Waals surface area contributed by atoms with Gasteiger partial charge in [0.1, 0.15) is 0 Å². The molecular formula is C11H10BrN3. The SMILES string of the molecule is Brc1cnccc1NCc1ccccn1. The molecule has 0 atom stereocenters. The molecule has 4 heteroatoms. The third-order valence-corrected chi connectivity index (χ3v) is 2.59. The van der Waals surface area contributed by atoms with Gasteiger partial charge in [-0.05, 0) is 34.1 Å². The van der Waals surface area contributed by atoms with Crippen LogP contribution in [0.2, 0.25) is 0 Å². The first-order chi connectivity index (χ1) is 7.36. The number of hydrogen-bond donors (Lipinski definition) is 1. The van der Waals surface area contributed by atoms with Crippen LogP contribution in [0.25, 0.3) is 0 Å². The Hall–Kier alpha value is -1.42. The Kier molecular flexibility index (Phi) is 3.29. The monoisotopic (exact) mass is 263 g/mol. The largest absolute Gasteiger partial charge is 0.378 e. The Morgan fingerprint density at radius 3 is 2.87 bits per heavy atom. The second-order valence-electron chi connectivity index (χ2n) is 3.03. The predicted molar refractivity (Wildman–Crippen MR) is 63.5 cm³/mol. The summed E-state index contributed by atoms with van der Waals surface area (Å²) < 4.78 is 0.959. The van der Waals surface area contributed by atoms with Crippen molar-refractivity contribution in [2.24, 2.45) is 0 Å². The minimum absolute atomic E-state index is 0.712. The molecule has 0 spiro atoms. The molecule has 0 aliphatic rings. The highest BCUT2D eigenvalue weighted by Gasteiger charge is 1.98. The summed E-state index contributed by atoms with van der Waals surface area (Å²) in [6.07, 6.45) is 5.31. The van der Waals surface area contributed by atoms with Gasteiger partial charge in [-0.2, -0.15) is 0 Å². The molecule has 0 saturated carbocycles. The van der Waals surface area contributed by atoms with Gasteiger partial charge in [-0.25, -0.2) is 0 Å². The fraction of sp³-hybridized carbons (Fsp3) is 0.0909. The van der Waals surface area contributed by atoms with E-state index < -0.39 is 0 Å². The highest BCUT2D eigenvalue weighted by Crippen LogP contribution is 2.20. The molecule has 2 rings (SSSR count). The number of pyridine rings is 2. The molecule has 15 heavy (non-hydrogen) atoms. The lowest BCUT2D eigenvalue weighted by Gasteiger charge is -2.06. The zero-order chi connectivity index (χ0) is 10.5. The lowest BCUT2D eigenvalue weighted by molar-refractivity contribution is 1.04. The van der Waals surface area contributed by atoms with Crippen LogP contribution in [0.4, 0.5) is 5.69 Å². The summed E-state index contributed by atoms with van der Waals surface area (Å²) in [6.45, 7) is 0.712. The zero-order valence-corrected chi connectivity index (χ0v) is 9.61. The second kappa shape index (κ2) is 4.89. The van der Waals surface area contributed by atoms with Crippen molar-refractivity contribution < 1.29 is 0 Å². The van der Waals surface area contributed by atoms with E-state index in [4.69, 9.17) is 0 Å². The average Bonchev–Trinajstić information content (AvgIpc) is 2.29. The van der Waals surface area contributed by atoms with Crippen LogP contribution in [0, 0.1) is 0 Å². The van der Waals surface area contributed by atoms with E-state index >= 15 is 0 Å². The fourth-order valence-corrected chi connectivity index (χ4v) is 1.60. The van der Waals surface area contributed by atoms with Gasteiger partial charge in [-0.1, -0.05) is 6.07 Å². The normalized spacial score (nSPS) is 9.93. The number of halogens is 1. The van der Waals surface area contributed by atoms with Crippen molar-refractivity contribution in [2.75, 3.05) is 5.32 Å². The molecule has 1 N–H and O–H groups in total. The number of anilines is 1. The van der Waals surface area contributed by atoms with E-state index in [2.05, 4.69) is 31.2 Å². The number of nitrogens with one attached hydrogen (secondary N) is 1. The maximum absolute atomic E-state index is 4.23. The number of nitrogens with zero attached hydrogens (tertiary/aromatic N) is 2. The Morgan fingerprint density at radius 2 is 2.13 bits per heavy atom. The molecule has 76 valence electrons. The molecule has 2 aromatic heterocycles. The maximum Gasteiger partial charge on any atom is 0.0594 e. The van der Waals surface area contributed by atoms with E-state index in [1.54, 1.807) is 18.6 Å². The van der Waals surface area contributed by atoms with Gasteiger partial charge in [0.25, 0.3) is 0 Å². The predicted octanol–water partition coefficient (Wildman–Crippen LogP) is 2.85. The van der Waals surface area contributed by atoms with Crippen molar-refractivity contribution in [3.05, 3.63) is 53.0 Å². The van der Waals surface area contributed by atoms with Crippen molar-refractivity contribution >= 4 is 21.6 Å². The van der Waals surface area contributed by atoms with Gasteiger partial charge < -0.3 is 5.32 Å². The van der Waals surface area contributed by atoms with Crippen molar-refractivity contribution in [2.45, 2.75) is 6.54 Å². The van der Waals surface area contributed by atoms with E-state index in [0.717, 1.165) is 15.9 Å². The van der Waals surface area contributed by atoms with Crippen LogP contribution in [0.1, 0.15) is 5.69 Å². The molecule has 0 aliphatic heterocycles. The lowest BCUT2D eigenvalue weighted by atomic mass is 10.3. The number of hydrogen-bond acceptors (Lipinski definition) is 3. The maximum atomic E-state index is 4.23. The van der Waals surface area contributed by atoms with Gasteiger partial charge in [0.15, 0.2) is 0 Å². The molecule has 0 bridgehead atoms. The molecule has 2 aromatic rings. The van der Waals surface area contributed by atoms with Crippen LogP contribution < -0.4 is 5.32 Å². The summed E-state index contributed by atoms with van der Waals surface area (Å²) in [6, 6.07) is 7.80. The van der Waals surface area contributed by atoms with Crippen molar-refractivity contribution in [3.8, 4) is 0 Å². The Balaban J connectivity index is 2.03. The zero-order valence-electron chi connectivity index (χ0n) is 8.02. The summed E-state index contributed by atoms with van der Waals surface area (Å²) in [5.74, 6) is 0. The van der Waals surface area contributed by atoms with Crippen LogP contribution in [0.3, 0.4) is 0 Å². The number of aromatic nitrogens is 2. The summed E-state index contributed by atoms with van der Waals surface area (Å²) in [5.41, 5.74) is 2.04. The summed E-state index contributed by atoms with van der Waals surface area (Å²) in [7, 11) is 0. The Bertz CT molecular complexity index is 431. The second-order valence-corrected chi connectivity index (χ2v) is 3.88. The van der Waals surface area contributed by atoms with E-state index in [0.29, 0.717) is 6.54 Å². The quantitative estimate of drug-likeness (QED) is 0.926. The van der Waals surface area contributed by atoms with Gasteiger partial charge >= 0.3 is 0 Å². The third kappa shape index (κ3) is 2.76. The van der Waals surface area contributed by atoms with Gasteiger partial charge in [0.2, 0.25) is 0 Å². The van der Waals surface area contributed by atoms with E-state index in [9.17, 15) is 0 Å². The molecule has 0 aromatic carbocycles. The van der Waals surface area contributed by atoms with Crippen LogP contribution in [0.15, 0.2) is 47.3 Å². The van der Waals surface area contributed by atoms with E-state index in [1.165, 1.54) is 0 Å². The first kappa shape index (κ1) is 10.1. The summed E-state index contributed by atoms with van der Waals surface area (Å²) in [4.78, 5) is 8.23. The molecule has 0 unspecified atom stereocenters. The molecule has 0 saturated heterocycles. The Morgan fingerprint density at radius 1 is 1.20 bits per heavy atom. The van der Waals surface area contributed by atoms with E-state index in [-0.39, 0.29) is 0 Å². The Labute approximate surface area is 96.7 Å². The molecule has 2 heterocycles. The van der Waals surface area contributed by atoms with Crippen LogP contribution in [0.5, 0.6) is 0 Å². The highest BCUT2D eigenvalue weighted by atomic mass is 79.9. The van der Waals surface area contributed by atoms with Crippen LogP contribution in [-0.4, -0.2) is 9.97 Å². The number of rotatable bonds is 3. The molecule has 0 fully saturated rings. The van der Waals surface area contributed by atoms with E-state index in [1.807, 2.05) is 24.3 Å². The topological polar surface area (TPSA) is 37.8 Å². The third-order valence-electron chi connectivity index (χ3n) is 1.96. The van der Waals surface area contributed by atoms with Crippen molar-refractivity contribution in [1.29, 1.82) is 0 Å².